The first kappa shape index (κ1) is 15.8. The standard InChI is InChI=1S/C12H26N2OS/c1-11(2,3)9-12(4,5)14-10(15)8-16-7-6-13/h6-9,13H2,1-5H3,(H,14,15). The smallest absolute Gasteiger partial charge is 0.230 e. The van der Waals surface area contributed by atoms with Gasteiger partial charge in [-0.1, -0.05) is 20.8 Å². The summed E-state index contributed by atoms with van der Waals surface area (Å²) >= 11 is 1.58. The van der Waals surface area contributed by atoms with Crippen molar-refractivity contribution in [2.75, 3.05) is 18.1 Å². The third-order valence-electron chi connectivity index (χ3n) is 1.95. The van der Waals surface area contributed by atoms with Crippen LogP contribution in [-0.2, 0) is 4.79 Å². The molecule has 0 aliphatic carbocycles. The van der Waals surface area contributed by atoms with Crippen LogP contribution >= 0.6 is 11.8 Å². The van der Waals surface area contributed by atoms with Gasteiger partial charge in [0.1, 0.15) is 0 Å². The fourth-order valence-electron chi connectivity index (χ4n) is 2.03. The fourth-order valence-corrected chi connectivity index (χ4v) is 2.60. The number of rotatable bonds is 6. The van der Waals surface area contributed by atoms with Crippen molar-refractivity contribution < 1.29 is 4.79 Å². The lowest BCUT2D eigenvalue weighted by Crippen LogP contribution is -2.46. The van der Waals surface area contributed by atoms with Crippen molar-refractivity contribution in [3.05, 3.63) is 0 Å². The molecule has 0 aliphatic heterocycles. The lowest BCUT2D eigenvalue weighted by atomic mass is 9.82. The van der Waals surface area contributed by atoms with Crippen molar-refractivity contribution in [2.45, 2.75) is 46.6 Å². The maximum atomic E-state index is 11.6. The summed E-state index contributed by atoms with van der Waals surface area (Å²) in [5.41, 5.74) is 5.46. The van der Waals surface area contributed by atoms with Crippen LogP contribution in [-0.4, -0.2) is 29.5 Å². The van der Waals surface area contributed by atoms with E-state index in [0.29, 0.717) is 12.3 Å². The van der Waals surface area contributed by atoms with Crippen LogP contribution in [0, 0.1) is 5.41 Å². The average Bonchev–Trinajstić information content (AvgIpc) is 1.98. The first-order valence-corrected chi connectivity index (χ1v) is 6.91. The molecule has 0 unspecified atom stereocenters. The molecule has 3 nitrogen and oxygen atoms in total. The van der Waals surface area contributed by atoms with Gasteiger partial charge in [-0.25, -0.2) is 0 Å². The molecule has 0 spiro atoms. The number of amides is 1. The molecular weight excluding hydrogens is 220 g/mol. The highest BCUT2D eigenvalue weighted by atomic mass is 32.2. The van der Waals surface area contributed by atoms with E-state index >= 15 is 0 Å². The monoisotopic (exact) mass is 246 g/mol. The van der Waals surface area contributed by atoms with Gasteiger partial charge < -0.3 is 11.1 Å². The highest BCUT2D eigenvalue weighted by Crippen LogP contribution is 2.26. The SMILES string of the molecule is CC(C)(C)CC(C)(C)NC(=O)CSCCN. The molecule has 1 amide bonds. The average molecular weight is 246 g/mol. The predicted octanol–water partition coefficient (Wildman–Crippen LogP) is 2.01. The number of hydrogen-bond acceptors (Lipinski definition) is 3. The highest BCUT2D eigenvalue weighted by Gasteiger charge is 2.26. The number of nitrogens with one attached hydrogen (secondary N) is 1. The van der Waals surface area contributed by atoms with E-state index < -0.39 is 0 Å². The molecular formula is C12H26N2OS. The molecule has 0 aromatic heterocycles. The summed E-state index contributed by atoms with van der Waals surface area (Å²) in [4.78, 5) is 11.6. The van der Waals surface area contributed by atoms with Crippen LogP contribution in [0.4, 0.5) is 0 Å². The Morgan fingerprint density at radius 3 is 2.25 bits per heavy atom. The molecule has 0 saturated carbocycles. The first-order chi connectivity index (χ1) is 7.16. The molecule has 0 fully saturated rings. The molecule has 3 N–H and O–H groups in total. The van der Waals surface area contributed by atoms with E-state index in [1.807, 2.05) is 0 Å². The molecule has 96 valence electrons. The maximum absolute atomic E-state index is 11.6. The number of nitrogens with two attached hydrogens (primary N) is 1. The van der Waals surface area contributed by atoms with Gasteiger partial charge in [-0.05, 0) is 25.7 Å². The lowest BCUT2D eigenvalue weighted by molar-refractivity contribution is -0.120. The van der Waals surface area contributed by atoms with Crippen molar-refractivity contribution >= 4 is 17.7 Å². The Bertz CT molecular complexity index is 222. The predicted molar refractivity (Wildman–Crippen MR) is 72.7 cm³/mol. The summed E-state index contributed by atoms with van der Waals surface area (Å²) < 4.78 is 0. The topological polar surface area (TPSA) is 55.1 Å². The van der Waals surface area contributed by atoms with Crippen LogP contribution in [0.25, 0.3) is 0 Å². The summed E-state index contributed by atoms with van der Waals surface area (Å²) in [6.45, 7) is 11.3. The maximum Gasteiger partial charge on any atom is 0.230 e. The van der Waals surface area contributed by atoms with E-state index in [-0.39, 0.29) is 16.9 Å². The molecule has 0 aromatic rings. The summed E-state index contributed by atoms with van der Waals surface area (Å²) in [5, 5.41) is 3.07. The lowest BCUT2D eigenvalue weighted by Gasteiger charge is -2.33. The second-order valence-corrected chi connectivity index (χ2v) is 7.12. The van der Waals surface area contributed by atoms with Gasteiger partial charge in [0.15, 0.2) is 0 Å². The quantitative estimate of drug-likeness (QED) is 0.705. The van der Waals surface area contributed by atoms with Gasteiger partial charge >= 0.3 is 0 Å². The molecule has 0 aromatic carbocycles. The minimum atomic E-state index is -0.140. The third-order valence-corrected chi connectivity index (χ3v) is 2.94. The molecule has 0 atom stereocenters. The Labute approximate surface area is 104 Å². The van der Waals surface area contributed by atoms with Crippen molar-refractivity contribution in [1.29, 1.82) is 0 Å². The van der Waals surface area contributed by atoms with Crippen LogP contribution in [0.1, 0.15) is 41.0 Å². The summed E-state index contributed by atoms with van der Waals surface area (Å²) in [5.74, 6) is 1.45. The number of carbonyl (C=O) groups is 1. The highest BCUT2D eigenvalue weighted by molar-refractivity contribution is 7.99. The van der Waals surface area contributed by atoms with Crippen molar-refractivity contribution in [1.82, 2.24) is 5.32 Å². The molecule has 0 aliphatic rings. The minimum Gasteiger partial charge on any atom is -0.350 e. The molecule has 0 heterocycles. The largest absolute Gasteiger partial charge is 0.350 e. The van der Waals surface area contributed by atoms with Crippen molar-refractivity contribution in [3.8, 4) is 0 Å². The molecule has 16 heavy (non-hydrogen) atoms. The van der Waals surface area contributed by atoms with Gasteiger partial charge in [0, 0.05) is 17.8 Å². The van der Waals surface area contributed by atoms with Gasteiger partial charge in [0.2, 0.25) is 5.91 Å². The normalized spacial score (nSPS) is 12.6. The number of hydrogen-bond donors (Lipinski definition) is 2. The van der Waals surface area contributed by atoms with Crippen molar-refractivity contribution in [2.24, 2.45) is 11.1 Å². The molecule has 0 radical (unpaired) electrons. The second kappa shape index (κ2) is 6.50. The van der Waals surface area contributed by atoms with E-state index in [4.69, 9.17) is 5.73 Å². The van der Waals surface area contributed by atoms with Crippen molar-refractivity contribution in [3.63, 3.8) is 0 Å². The summed E-state index contributed by atoms with van der Waals surface area (Å²) in [6.07, 6.45) is 0.966. The van der Waals surface area contributed by atoms with E-state index in [2.05, 4.69) is 39.9 Å². The number of thioether (sulfide) groups is 1. The Morgan fingerprint density at radius 2 is 1.81 bits per heavy atom. The van der Waals surface area contributed by atoms with Crippen LogP contribution < -0.4 is 11.1 Å². The summed E-state index contributed by atoms with van der Waals surface area (Å²) in [6, 6.07) is 0. The second-order valence-electron chi connectivity index (χ2n) is 6.01. The fraction of sp³-hybridized carbons (Fsp3) is 0.917. The Morgan fingerprint density at radius 1 is 1.25 bits per heavy atom. The first-order valence-electron chi connectivity index (χ1n) is 5.75. The van der Waals surface area contributed by atoms with Gasteiger partial charge in [0.25, 0.3) is 0 Å². The molecule has 0 saturated heterocycles. The van der Waals surface area contributed by atoms with E-state index in [9.17, 15) is 4.79 Å². The van der Waals surface area contributed by atoms with Crippen LogP contribution in [0.3, 0.4) is 0 Å². The van der Waals surface area contributed by atoms with E-state index in [1.54, 1.807) is 11.8 Å². The zero-order chi connectivity index (χ0) is 12.8. The van der Waals surface area contributed by atoms with Gasteiger partial charge in [-0.2, -0.15) is 11.8 Å². The minimum absolute atomic E-state index is 0.104. The zero-order valence-electron chi connectivity index (χ0n) is 11.2. The van der Waals surface area contributed by atoms with Crippen LogP contribution in [0.2, 0.25) is 0 Å². The van der Waals surface area contributed by atoms with Gasteiger partial charge in [-0.15, -0.1) is 0 Å². The molecule has 4 heteroatoms. The van der Waals surface area contributed by atoms with Gasteiger partial charge in [0.05, 0.1) is 5.75 Å². The van der Waals surface area contributed by atoms with E-state index in [1.165, 1.54) is 0 Å². The number of carbonyl (C=O) groups excluding carboxylic acids is 1. The van der Waals surface area contributed by atoms with E-state index in [0.717, 1.165) is 12.2 Å². The Kier molecular flexibility index (Phi) is 6.41. The molecule has 0 rings (SSSR count). The molecule has 0 bridgehead atoms. The zero-order valence-corrected chi connectivity index (χ0v) is 12.0. The van der Waals surface area contributed by atoms with Crippen LogP contribution in [0.5, 0.6) is 0 Å². The Hall–Kier alpha value is -0.220. The third kappa shape index (κ3) is 9.04. The van der Waals surface area contributed by atoms with Crippen LogP contribution in [0.15, 0.2) is 0 Å². The Balaban J connectivity index is 4.00. The summed E-state index contributed by atoms with van der Waals surface area (Å²) in [7, 11) is 0. The van der Waals surface area contributed by atoms with Gasteiger partial charge in [-0.3, -0.25) is 4.79 Å².